The molecule has 0 bridgehead atoms. The first-order chi connectivity index (χ1) is 14.7. The second kappa shape index (κ2) is 8.56. The zero-order valence-corrected chi connectivity index (χ0v) is 20.2. The number of allylic oxidation sites excluding steroid dienone is 2. The number of ether oxygens (including phenoxy) is 2. The van der Waals surface area contributed by atoms with Crippen LogP contribution in [0.2, 0.25) is 0 Å². The average molecular weight is 431 g/mol. The summed E-state index contributed by atoms with van der Waals surface area (Å²) in [6, 6.07) is 0. The zero-order chi connectivity index (χ0) is 22.4. The Balaban J connectivity index is 1.63. The van der Waals surface area contributed by atoms with Gasteiger partial charge < -0.3 is 9.47 Å². The summed E-state index contributed by atoms with van der Waals surface area (Å²) in [6.07, 6.45) is 14.7. The Bertz CT molecular complexity index is 729. The third-order valence-corrected chi connectivity index (χ3v) is 10.3. The van der Waals surface area contributed by atoms with Crippen LogP contribution in [0.1, 0.15) is 85.5 Å². The lowest BCUT2D eigenvalue weighted by Gasteiger charge is -2.61. The first-order valence-corrected chi connectivity index (χ1v) is 12.6. The molecule has 0 saturated heterocycles. The highest BCUT2D eigenvalue weighted by Crippen LogP contribution is 2.68. The van der Waals surface area contributed by atoms with E-state index >= 15 is 0 Å². The standard InChI is InChI=1S/C27H42O4/c1-17(9-14-25(29)30-5)21-12-13-22-20-11-10-19-8-6-7-15-26(19,3)23(20)16-24(27(21,22)4)31-18(2)28/h6,8,17,19-24H,7,9-16H2,1-5H3/t17-,19?,20?,21?,22?,23?,24+,26?,27?/m1/s1. The molecule has 3 saturated carbocycles. The molecule has 0 spiro atoms. The molecule has 3 fully saturated rings. The summed E-state index contributed by atoms with van der Waals surface area (Å²) in [7, 11) is 1.47. The van der Waals surface area contributed by atoms with Gasteiger partial charge in [-0.3, -0.25) is 9.59 Å². The fourth-order valence-corrected chi connectivity index (χ4v) is 8.75. The maximum absolute atomic E-state index is 12.2. The molecule has 0 aromatic carbocycles. The first kappa shape index (κ1) is 22.9. The van der Waals surface area contributed by atoms with Crippen molar-refractivity contribution in [2.75, 3.05) is 7.11 Å². The molecule has 9 atom stereocenters. The number of esters is 2. The van der Waals surface area contributed by atoms with Gasteiger partial charge in [0.2, 0.25) is 0 Å². The lowest BCUT2D eigenvalue weighted by molar-refractivity contribution is -0.189. The van der Waals surface area contributed by atoms with E-state index in [-0.39, 0.29) is 23.5 Å². The molecule has 0 aromatic rings. The van der Waals surface area contributed by atoms with Crippen LogP contribution in [0.5, 0.6) is 0 Å². The van der Waals surface area contributed by atoms with Crippen molar-refractivity contribution in [3.05, 3.63) is 12.2 Å². The number of hydrogen-bond donors (Lipinski definition) is 0. The fourth-order valence-electron chi connectivity index (χ4n) is 8.75. The Kier molecular flexibility index (Phi) is 6.31. The van der Waals surface area contributed by atoms with Crippen LogP contribution in [0, 0.1) is 46.3 Å². The summed E-state index contributed by atoms with van der Waals surface area (Å²) in [5.74, 6) is 3.33. The van der Waals surface area contributed by atoms with Gasteiger partial charge in [-0.2, -0.15) is 0 Å². The van der Waals surface area contributed by atoms with E-state index in [1.54, 1.807) is 6.92 Å². The molecule has 4 aliphatic carbocycles. The molecule has 0 aliphatic heterocycles. The minimum absolute atomic E-state index is 0.00851. The van der Waals surface area contributed by atoms with Crippen molar-refractivity contribution in [2.24, 2.45) is 46.3 Å². The van der Waals surface area contributed by atoms with E-state index in [0.717, 1.165) is 18.8 Å². The van der Waals surface area contributed by atoms with Gasteiger partial charge in [0.05, 0.1) is 7.11 Å². The predicted octanol–water partition coefficient (Wildman–Crippen LogP) is 5.94. The Morgan fingerprint density at radius 3 is 2.61 bits per heavy atom. The van der Waals surface area contributed by atoms with Crippen molar-refractivity contribution in [3.8, 4) is 0 Å². The van der Waals surface area contributed by atoms with Crippen molar-refractivity contribution >= 4 is 11.9 Å². The quantitative estimate of drug-likeness (QED) is 0.400. The summed E-state index contributed by atoms with van der Waals surface area (Å²) in [5.41, 5.74) is 0.349. The second-order valence-electron chi connectivity index (χ2n) is 11.5. The number of hydrogen-bond acceptors (Lipinski definition) is 4. The molecule has 4 rings (SSSR count). The topological polar surface area (TPSA) is 52.6 Å². The van der Waals surface area contributed by atoms with Gasteiger partial charge in [-0.05, 0) is 92.3 Å². The zero-order valence-electron chi connectivity index (χ0n) is 20.2. The van der Waals surface area contributed by atoms with Crippen molar-refractivity contribution in [2.45, 2.75) is 91.6 Å². The molecule has 4 heteroatoms. The summed E-state index contributed by atoms with van der Waals surface area (Å²) in [6.45, 7) is 8.81. The fraction of sp³-hybridized carbons (Fsp3) is 0.852. The number of fused-ring (bicyclic) bond motifs is 5. The molecule has 0 aromatic heterocycles. The molecule has 174 valence electrons. The summed E-state index contributed by atoms with van der Waals surface area (Å²) < 4.78 is 11.0. The smallest absolute Gasteiger partial charge is 0.305 e. The van der Waals surface area contributed by atoms with E-state index in [9.17, 15) is 9.59 Å². The van der Waals surface area contributed by atoms with E-state index in [1.807, 2.05) is 0 Å². The Morgan fingerprint density at radius 2 is 1.90 bits per heavy atom. The van der Waals surface area contributed by atoms with Crippen LogP contribution in [0.25, 0.3) is 0 Å². The molecular formula is C27H42O4. The van der Waals surface area contributed by atoms with Crippen LogP contribution in [0.3, 0.4) is 0 Å². The van der Waals surface area contributed by atoms with Crippen LogP contribution in [-0.4, -0.2) is 25.2 Å². The van der Waals surface area contributed by atoms with Gasteiger partial charge in [0.15, 0.2) is 0 Å². The van der Waals surface area contributed by atoms with Gasteiger partial charge in [0.25, 0.3) is 0 Å². The summed E-state index contributed by atoms with van der Waals surface area (Å²) in [4.78, 5) is 24.0. The largest absolute Gasteiger partial charge is 0.469 e. The summed E-state index contributed by atoms with van der Waals surface area (Å²) >= 11 is 0. The van der Waals surface area contributed by atoms with Gasteiger partial charge in [-0.1, -0.05) is 32.9 Å². The van der Waals surface area contributed by atoms with Crippen molar-refractivity contribution in [1.29, 1.82) is 0 Å². The van der Waals surface area contributed by atoms with E-state index < -0.39 is 0 Å². The third kappa shape index (κ3) is 3.76. The second-order valence-corrected chi connectivity index (χ2v) is 11.5. The molecule has 4 nitrogen and oxygen atoms in total. The molecule has 0 radical (unpaired) electrons. The van der Waals surface area contributed by atoms with Crippen LogP contribution >= 0.6 is 0 Å². The van der Waals surface area contributed by atoms with E-state index in [0.29, 0.717) is 41.4 Å². The minimum Gasteiger partial charge on any atom is -0.469 e. The maximum atomic E-state index is 12.2. The van der Waals surface area contributed by atoms with Crippen LogP contribution < -0.4 is 0 Å². The molecule has 0 amide bonds. The predicted molar refractivity (Wildman–Crippen MR) is 121 cm³/mol. The van der Waals surface area contributed by atoms with E-state index in [4.69, 9.17) is 9.47 Å². The molecule has 4 aliphatic rings. The van der Waals surface area contributed by atoms with Gasteiger partial charge in [0, 0.05) is 18.8 Å². The molecular weight excluding hydrogens is 388 g/mol. The third-order valence-electron chi connectivity index (χ3n) is 10.3. The van der Waals surface area contributed by atoms with Gasteiger partial charge in [0.1, 0.15) is 6.10 Å². The van der Waals surface area contributed by atoms with Crippen LogP contribution in [0.15, 0.2) is 12.2 Å². The number of carbonyl (C=O) groups excluding carboxylic acids is 2. The Hall–Kier alpha value is -1.32. The average Bonchev–Trinajstić information content (AvgIpc) is 3.10. The highest BCUT2D eigenvalue weighted by Gasteiger charge is 2.64. The summed E-state index contributed by atoms with van der Waals surface area (Å²) in [5, 5.41) is 0. The van der Waals surface area contributed by atoms with E-state index in [1.165, 1.54) is 45.6 Å². The number of methoxy groups -OCH3 is 1. The monoisotopic (exact) mass is 430 g/mol. The Morgan fingerprint density at radius 1 is 1.13 bits per heavy atom. The molecule has 0 heterocycles. The number of carbonyl (C=O) groups is 2. The first-order valence-electron chi connectivity index (χ1n) is 12.6. The molecule has 31 heavy (non-hydrogen) atoms. The van der Waals surface area contributed by atoms with E-state index in [2.05, 4.69) is 32.9 Å². The van der Waals surface area contributed by atoms with Gasteiger partial charge in [-0.25, -0.2) is 0 Å². The van der Waals surface area contributed by atoms with Crippen LogP contribution in [-0.2, 0) is 19.1 Å². The van der Waals surface area contributed by atoms with Gasteiger partial charge >= 0.3 is 11.9 Å². The lowest BCUT2D eigenvalue weighted by atomic mass is 9.44. The van der Waals surface area contributed by atoms with Crippen LogP contribution in [0.4, 0.5) is 0 Å². The van der Waals surface area contributed by atoms with Crippen molar-refractivity contribution in [3.63, 3.8) is 0 Å². The molecule has 7 unspecified atom stereocenters. The maximum Gasteiger partial charge on any atom is 0.305 e. The normalized spacial score (nSPS) is 44.5. The Labute approximate surface area is 188 Å². The SMILES string of the molecule is COC(=O)CC[C@@H](C)C1CCC2C3CCC4C=CCCC4(C)C3C[C@H](OC(C)=O)C21C. The van der Waals surface area contributed by atoms with Crippen molar-refractivity contribution in [1.82, 2.24) is 0 Å². The van der Waals surface area contributed by atoms with Gasteiger partial charge in [-0.15, -0.1) is 0 Å². The lowest BCUT2D eigenvalue weighted by Crippen LogP contribution is -2.58. The highest BCUT2D eigenvalue weighted by molar-refractivity contribution is 5.69. The number of rotatable bonds is 5. The highest BCUT2D eigenvalue weighted by atomic mass is 16.5. The minimum atomic E-state index is -0.141. The molecule has 0 N–H and O–H groups in total. The van der Waals surface area contributed by atoms with Crippen molar-refractivity contribution < 1.29 is 19.1 Å².